The molecule has 0 radical (unpaired) electrons. The molecule has 1 aliphatic heterocycles. The lowest BCUT2D eigenvalue weighted by Crippen LogP contribution is -2.26. The molecular formula is C18H25N3. The van der Waals surface area contributed by atoms with E-state index in [0.717, 1.165) is 31.7 Å². The zero-order valence-electron chi connectivity index (χ0n) is 13.3. The van der Waals surface area contributed by atoms with E-state index in [-0.39, 0.29) is 0 Å². The molecular weight excluding hydrogens is 258 g/mol. The van der Waals surface area contributed by atoms with E-state index in [1.807, 2.05) is 0 Å². The van der Waals surface area contributed by atoms with Crippen LogP contribution in [0.4, 0.5) is 5.82 Å². The van der Waals surface area contributed by atoms with Crippen molar-refractivity contribution in [2.24, 2.45) is 5.41 Å². The Balaban J connectivity index is 2.01. The lowest BCUT2D eigenvalue weighted by molar-refractivity contribution is 0.418. The van der Waals surface area contributed by atoms with Crippen LogP contribution in [0.1, 0.15) is 32.8 Å². The van der Waals surface area contributed by atoms with Crippen LogP contribution in [0, 0.1) is 5.41 Å². The van der Waals surface area contributed by atoms with Crippen LogP contribution in [-0.4, -0.2) is 24.6 Å². The largest absolute Gasteiger partial charge is 0.356 e. The summed E-state index contributed by atoms with van der Waals surface area (Å²) in [5.74, 6) is 1.17. The summed E-state index contributed by atoms with van der Waals surface area (Å²) < 4.78 is 0. The van der Waals surface area contributed by atoms with E-state index in [1.165, 1.54) is 23.2 Å². The molecule has 3 nitrogen and oxygen atoms in total. The van der Waals surface area contributed by atoms with Crippen LogP contribution in [0.25, 0.3) is 10.9 Å². The van der Waals surface area contributed by atoms with E-state index in [9.17, 15) is 0 Å². The third-order valence-corrected chi connectivity index (χ3v) is 4.32. The molecule has 1 aliphatic rings. The summed E-state index contributed by atoms with van der Waals surface area (Å²) in [6.07, 6.45) is 1.24. The number of hydrogen-bond acceptors (Lipinski definition) is 3. The second-order valence-electron chi connectivity index (χ2n) is 6.78. The minimum atomic E-state index is 0.392. The summed E-state index contributed by atoms with van der Waals surface area (Å²) in [5.41, 5.74) is 2.80. The van der Waals surface area contributed by atoms with Crippen molar-refractivity contribution in [2.75, 3.05) is 24.5 Å². The van der Waals surface area contributed by atoms with Crippen LogP contribution < -0.4 is 10.2 Å². The number of rotatable bonds is 4. The van der Waals surface area contributed by atoms with Gasteiger partial charge in [-0.2, -0.15) is 0 Å². The lowest BCUT2D eigenvalue weighted by Gasteiger charge is -2.23. The van der Waals surface area contributed by atoms with E-state index >= 15 is 0 Å². The first-order valence-electron chi connectivity index (χ1n) is 7.93. The molecule has 3 heteroatoms. The fourth-order valence-corrected chi connectivity index (χ4v) is 3.11. The van der Waals surface area contributed by atoms with Crippen LogP contribution in [0.3, 0.4) is 0 Å². The van der Waals surface area contributed by atoms with Gasteiger partial charge in [-0.3, -0.25) is 0 Å². The number of benzene rings is 1. The first-order chi connectivity index (χ1) is 10.1. The van der Waals surface area contributed by atoms with Crippen molar-refractivity contribution in [3.8, 4) is 0 Å². The SMILES string of the molecule is CCNCc1cc2ccccc2nc1N1CCC(C)(C)C1. The number of para-hydroxylation sites is 1. The second kappa shape index (κ2) is 5.64. The van der Waals surface area contributed by atoms with Gasteiger partial charge in [-0.25, -0.2) is 4.98 Å². The third-order valence-electron chi connectivity index (χ3n) is 4.32. The predicted octanol–water partition coefficient (Wildman–Crippen LogP) is 3.58. The average molecular weight is 283 g/mol. The molecule has 21 heavy (non-hydrogen) atoms. The minimum Gasteiger partial charge on any atom is -0.356 e. The molecule has 1 aromatic heterocycles. The maximum Gasteiger partial charge on any atom is 0.133 e. The van der Waals surface area contributed by atoms with Gasteiger partial charge in [-0.1, -0.05) is 39.0 Å². The highest BCUT2D eigenvalue weighted by Gasteiger charge is 2.31. The van der Waals surface area contributed by atoms with E-state index in [0.29, 0.717) is 5.41 Å². The quantitative estimate of drug-likeness (QED) is 0.929. The normalized spacial score (nSPS) is 17.6. The topological polar surface area (TPSA) is 28.2 Å². The summed E-state index contributed by atoms with van der Waals surface area (Å²) in [7, 11) is 0. The summed E-state index contributed by atoms with van der Waals surface area (Å²) in [4.78, 5) is 7.42. The fraction of sp³-hybridized carbons (Fsp3) is 0.500. The zero-order chi connectivity index (χ0) is 14.9. The zero-order valence-corrected chi connectivity index (χ0v) is 13.3. The molecule has 1 aromatic carbocycles. The number of nitrogens with one attached hydrogen (secondary N) is 1. The Bertz CT molecular complexity index is 633. The first-order valence-corrected chi connectivity index (χ1v) is 7.93. The molecule has 0 spiro atoms. The Labute approximate surface area is 127 Å². The molecule has 0 atom stereocenters. The smallest absolute Gasteiger partial charge is 0.133 e. The predicted molar refractivity (Wildman–Crippen MR) is 89.7 cm³/mol. The molecule has 0 unspecified atom stereocenters. The van der Waals surface area contributed by atoms with Crippen molar-refractivity contribution in [2.45, 2.75) is 33.7 Å². The van der Waals surface area contributed by atoms with Crippen LogP contribution in [-0.2, 0) is 6.54 Å². The number of fused-ring (bicyclic) bond motifs is 1. The third kappa shape index (κ3) is 3.03. The Kier molecular flexibility index (Phi) is 3.85. The number of hydrogen-bond donors (Lipinski definition) is 1. The van der Waals surface area contributed by atoms with Gasteiger partial charge < -0.3 is 10.2 Å². The molecule has 1 saturated heterocycles. The van der Waals surface area contributed by atoms with Crippen LogP contribution in [0.2, 0.25) is 0 Å². The Morgan fingerprint density at radius 3 is 2.81 bits per heavy atom. The summed E-state index contributed by atoms with van der Waals surface area (Å²) >= 11 is 0. The van der Waals surface area contributed by atoms with Crippen LogP contribution in [0.5, 0.6) is 0 Å². The molecule has 3 rings (SSSR count). The number of aromatic nitrogens is 1. The second-order valence-corrected chi connectivity index (χ2v) is 6.78. The fourth-order valence-electron chi connectivity index (χ4n) is 3.11. The first kappa shape index (κ1) is 14.3. The minimum absolute atomic E-state index is 0.392. The molecule has 2 aromatic rings. The highest BCUT2D eigenvalue weighted by Crippen LogP contribution is 2.34. The standard InChI is InChI=1S/C18H25N3/c1-4-19-12-15-11-14-7-5-6-8-16(14)20-17(15)21-10-9-18(2,3)13-21/h5-8,11,19H,4,9-10,12-13H2,1-3H3. The van der Waals surface area contributed by atoms with Gasteiger partial charge in [0.1, 0.15) is 5.82 Å². The van der Waals surface area contributed by atoms with Crippen LogP contribution >= 0.6 is 0 Å². The molecule has 112 valence electrons. The van der Waals surface area contributed by atoms with Gasteiger partial charge in [0.25, 0.3) is 0 Å². The van der Waals surface area contributed by atoms with Crippen LogP contribution in [0.15, 0.2) is 30.3 Å². The van der Waals surface area contributed by atoms with E-state index in [4.69, 9.17) is 4.98 Å². The van der Waals surface area contributed by atoms with Gasteiger partial charge in [-0.15, -0.1) is 0 Å². The summed E-state index contributed by atoms with van der Waals surface area (Å²) in [5, 5.41) is 4.68. The van der Waals surface area contributed by atoms with Gasteiger partial charge in [0.05, 0.1) is 5.52 Å². The van der Waals surface area contributed by atoms with Gasteiger partial charge in [0.2, 0.25) is 0 Å². The van der Waals surface area contributed by atoms with Crippen molar-refractivity contribution < 1.29 is 0 Å². The van der Waals surface area contributed by atoms with Crippen molar-refractivity contribution in [3.05, 3.63) is 35.9 Å². The molecule has 1 fully saturated rings. The van der Waals surface area contributed by atoms with E-state index in [1.54, 1.807) is 0 Å². The molecule has 2 heterocycles. The van der Waals surface area contributed by atoms with Gasteiger partial charge >= 0.3 is 0 Å². The van der Waals surface area contributed by atoms with E-state index in [2.05, 4.69) is 61.3 Å². The van der Waals surface area contributed by atoms with Crippen molar-refractivity contribution in [3.63, 3.8) is 0 Å². The lowest BCUT2D eigenvalue weighted by atomic mass is 9.93. The number of anilines is 1. The Hall–Kier alpha value is -1.61. The molecule has 0 saturated carbocycles. The maximum atomic E-state index is 4.96. The van der Waals surface area contributed by atoms with Gasteiger partial charge in [0.15, 0.2) is 0 Å². The summed E-state index contributed by atoms with van der Waals surface area (Å²) in [6, 6.07) is 10.7. The van der Waals surface area contributed by atoms with Crippen molar-refractivity contribution in [1.29, 1.82) is 0 Å². The number of nitrogens with zero attached hydrogens (tertiary/aromatic N) is 2. The highest BCUT2D eigenvalue weighted by atomic mass is 15.2. The average Bonchev–Trinajstić information content (AvgIpc) is 2.84. The Morgan fingerprint density at radius 2 is 2.10 bits per heavy atom. The monoisotopic (exact) mass is 283 g/mol. The number of pyridine rings is 1. The van der Waals surface area contributed by atoms with Gasteiger partial charge in [-0.05, 0) is 30.5 Å². The van der Waals surface area contributed by atoms with Crippen molar-refractivity contribution >= 4 is 16.7 Å². The Morgan fingerprint density at radius 1 is 1.29 bits per heavy atom. The van der Waals surface area contributed by atoms with Crippen molar-refractivity contribution in [1.82, 2.24) is 10.3 Å². The molecule has 1 N–H and O–H groups in total. The maximum absolute atomic E-state index is 4.96. The van der Waals surface area contributed by atoms with E-state index < -0.39 is 0 Å². The summed E-state index contributed by atoms with van der Waals surface area (Å²) in [6.45, 7) is 10.9. The highest BCUT2D eigenvalue weighted by molar-refractivity contribution is 5.81. The van der Waals surface area contributed by atoms with Gasteiger partial charge in [0, 0.05) is 30.6 Å². The molecule has 0 amide bonds. The molecule has 0 aliphatic carbocycles. The molecule has 0 bridgehead atoms.